The molecule has 0 amide bonds. The first-order valence-electron chi connectivity index (χ1n) is 7.91. The molecule has 0 heterocycles. The molecular formula is C16H30O3Si. The summed E-state index contributed by atoms with van der Waals surface area (Å²) in [6.45, 7) is 9.82. The second-order valence-electron chi connectivity index (χ2n) is 5.73. The first-order valence-corrected chi connectivity index (χ1v) is 10.8. The van der Waals surface area contributed by atoms with Gasteiger partial charge in [-0.3, -0.25) is 0 Å². The minimum atomic E-state index is -1.41. The van der Waals surface area contributed by atoms with Crippen molar-refractivity contribution in [1.82, 2.24) is 0 Å². The van der Waals surface area contributed by atoms with Crippen molar-refractivity contribution >= 4 is 8.80 Å². The summed E-state index contributed by atoms with van der Waals surface area (Å²) >= 11 is 0. The molecular weight excluding hydrogens is 268 g/mol. The highest BCUT2D eigenvalue weighted by molar-refractivity contribution is 6.65. The lowest BCUT2D eigenvalue weighted by atomic mass is 10.1. The van der Waals surface area contributed by atoms with Gasteiger partial charge in [0.05, 0.1) is 22.0 Å². The Morgan fingerprint density at radius 2 is 1.80 bits per heavy atom. The van der Waals surface area contributed by atoms with E-state index in [-0.39, 0.29) is 0 Å². The van der Waals surface area contributed by atoms with E-state index in [9.17, 15) is 5.11 Å². The predicted molar refractivity (Wildman–Crippen MR) is 86.3 cm³/mol. The first kappa shape index (κ1) is 17.6. The highest BCUT2D eigenvalue weighted by Gasteiger charge is 2.29. The number of hydrogen-bond donors (Lipinski definition) is 1. The van der Waals surface area contributed by atoms with E-state index in [4.69, 9.17) is 9.47 Å². The Morgan fingerprint density at radius 3 is 2.30 bits per heavy atom. The molecule has 0 fully saturated rings. The normalized spacial score (nSPS) is 15.7. The van der Waals surface area contributed by atoms with Crippen molar-refractivity contribution in [3.8, 4) is 0 Å². The van der Waals surface area contributed by atoms with Crippen LogP contribution in [0.1, 0.15) is 46.0 Å². The van der Waals surface area contributed by atoms with Crippen LogP contribution >= 0.6 is 0 Å². The molecule has 0 bridgehead atoms. The van der Waals surface area contributed by atoms with Gasteiger partial charge in [0.15, 0.2) is 0 Å². The third kappa shape index (κ3) is 5.52. The number of allylic oxidation sites excluding steroid dienone is 4. The number of hydrogen-bond acceptors (Lipinski definition) is 3. The average Bonchev–Trinajstić information content (AvgIpc) is 2.90. The Hall–Kier alpha value is -0.423. The van der Waals surface area contributed by atoms with E-state index >= 15 is 0 Å². The zero-order valence-electron chi connectivity index (χ0n) is 13.4. The molecule has 1 aliphatic rings. The fraction of sp³-hybridized carbons (Fsp3) is 0.750. The lowest BCUT2D eigenvalue weighted by Gasteiger charge is -2.28. The van der Waals surface area contributed by atoms with Gasteiger partial charge >= 0.3 is 0 Å². The van der Waals surface area contributed by atoms with Gasteiger partial charge in [-0.1, -0.05) is 49.9 Å². The molecule has 0 aromatic heterocycles. The summed E-state index contributed by atoms with van der Waals surface area (Å²) in [5, 5.41) is 12.0. The molecule has 0 radical (unpaired) electrons. The van der Waals surface area contributed by atoms with Crippen molar-refractivity contribution in [2.24, 2.45) is 0 Å². The molecule has 0 aliphatic heterocycles. The molecule has 0 saturated carbocycles. The van der Waals surface area contributed by atoms with Crippen LogP contribution in [-0.2, 0) is 9.47 Å². The molecule has 1 rings (SSSR count). The molecule has 116 valence electrons. The van der Waals surface area contributed by atoms with E-state index in [1.807, 2.05) is 13.8 Å². The van der Waals surface area contributed by atoms with Crippen molar-refractivity contribution in [2.45, 2.75) is 65.0 Å². The monoisotopic (exact) mass is 298 g/mol. The number of aliphatic hydroxyl groups is 1. The van der Waals surface area contributed by atoms with Crippen molar-refractivity contribution in [3.63, 3.8) is 0 Å². The minimum Gasteiger partial charge on any atom is -0.343 e. The van der Waals surface area contributed by atoms with Crippen LogP contribution < -0.4 is 0 Å². The average molecular weight is 298 g/mol. The Labute approximate surface area is 125 Å². The number of rotatable bonds is 10. The van der Waals surface area contributed by atoms with Gasteiger partial charge in [0.25, 0.3) is 5.97 Å². The summed E-state index contributed by atoms with van der Waals surface area (Å²) in [7, 11) is -0.781. The van der Waals surface area contributed by atoms with Gasteiger partial charge < -0.3 is 14.6 Å². The van der Waals surface area contributed by atoms with Crippen LogP contribution in [0.15, 0.2) is 22.9 Å². The van der Waals surface area contributed by atoms with Gasteiger partial charge in [-0.05, 0) is 25.7 Å². The zero-order valence-corrected chi connectivity index (χ0v) is 14.6. The van der Waals surface area contributed by atoms with Gasteiger partial charge in [0.1, 0.15) is 0 Å². The van der Waals surface area contributed by atoms with Crippen LogP contribution in [0.2, 0.25) is 13.1 Å². The second kappa shape index (κ2) is 8.77. The Morgan fingerprint density at radius 1 is 1.20 bits per heavy atom. The zero-order chi connectivity index (χ0) is 15.0. The van der Waals surface area contributed by atoms with Crippen LogP contribution in [0.3, 0.4) is 0 Å². The summed E-state index contributed by atoms with van der Waals surface area (Å²) in [5.41, 5.74) is 1.46. The molecule has 0 spiro atoms. The molecule has 0 unspecified atom stereocenters. The molecule has 0 atom stereocenters. The van der Waals surface area contributed by atoms with Gasteiger partial charge in [0.2, 0.25) is 0 Å². The van der Waals surface area contributed by atoms with Gasteiger partial charge in [0, 0.05) is 6.42 Å². The molecule has 0 aromatic rings. The fourth-order valence-corrected chi connectivity index (χ4v) is 4.03. The van der Waals surface area contributed by atoms with E-state index in [1.54, 1.807) is 5.20 Å². The van der Waals surface area contributed by atoms with E-state index in [0.717, 1.165) is 25.7 Å². The topological polar surface area (TPSA) is 38.7 Å². The van der Waals surface area contributed by atoms with E-state index in [2.05, 4.69) is 25.2 Å². The predicted octanol–water partition coefficient (Wildman–Crippen LogP) is 3.55. The van der Waals surface area contributed by atoms with Crippen LogP contribution in [0.4, 0.5) is 0 Å². The van der Waals surface area contributed by atoms with Crippen molar-refractivity contribution < 1.29 is 14.6 Å². The second-order valence-corrected chi connectivity index (χ2v) is 8.66. The van der Waals surface area contributed by atoms with E-state index < -0.39 is 14.8 Å². The first-order chi connectivity index (χ1) is 9.52. The summed E-state index contributed by atoms with van der Waals surface area (Å²) in [4.78, 5) is 0. The fourth-order valence-electron chi connectivity index (χ4n) is 2.43. The molecule has 20 heavy (non-hydrogen) atoms. The molecule has 0 saturated heterocycles. The third-order valence-corrected chi connectivity index (χ3v) is 5.34. The molecule has 1 aliphatic carbocycles. The maximum Gasteiger partial charge on any atom is 0.280 e. The van der Waals surface area contributed by atoms with Crippen molar-refractivity contribution in [3.05, 3.63) is 22.9 Å². The van der Waals surface area contributed by atoms with Crippen molar-refractivity contribution in [1.29, 1.82) is 0 Å². The van der Waals surface area contributed by atoms with Gasteiger partial charge in [-0.25, -0.2) is 0 Å². The van der Waals surface area contributed by atoms with Crippen LogP contribution in [-0.4, -0.2) is 33.1 Å². The summed E-state index contributed by atoms with van der Waals surface area (Å²) in [6.07, 6.45) is 8.67. The molecule has 3 nitrogen and oxygen atoms in total. The molecule has 4 heteroatoms. The summed E-state index contributed by atoms with van der Waals surface area (Å²) in [5.74, 6) is -1.41. The number of ether oxygens (including phenoxy) is 2. The Kier molecular flexibility index (Phi) is 7.73. The standard InChI is InChI=1S/C16H30O3Si/c1-5-12-18-16(17,19-13-6-2)11-10-14-8-7-9-15(14)20(3)4/h7,9,17,20H,5-6,8,10-13H2,1-4H3. The van der Waals surface area contributed by atoms with Gasteiger partial charge in [-0.15, -0.1) is 0 Å². The quantitative estimate of drug-likeness (QED) is 0.495. The molecule has 1 N–H and O–H groups in total. The lowest BCUT2D eigenvalue weighted by molar-refractivity contribution is -0.362. The molecule has 0 aromatic carbocycles. The smallest absolute Gasteiger partial charge is 0.280 e. The Bertz CT molecular complexity index is 340. The van der Waals surface area contributed by atoms with Crippen LogP contribution in [0.5, 0.6) is 0 Å². The highest BCUT2D eigenvalue weighted by Crippen LogP contribution is 2.29. The highest BCUT2D eigenvalue weighted by atomic mass is 28.3. The SMILES string of the molecule is CCCOC(O)(CCC1=C([SiH](C)C)C=CC1)OCCC. The summed E-state index contributed by atoms with van der Waals surface area (Å²) in [6, 6.07) is 0. The minimum absolute atomic E-state index is 0.522. The van der Waals surface area contributed by atoms with Gasteiger partial charge in [-0.2, -0.15) is 0 Å². The maximum atomic E-state index is 10.5. The van der Waals surface area contributed by atoms with E-state index in [0.29, 0.717) is 19.6 Å². The lowest BCUT2D eigenvalue weighted by Crippen LogP contribution is -2.36. The van der Waals surface area contributed by atoms with Crippen LogP contribution in [0.25, 0.3) is 0 Å². The Balaban J connectivity index is 2.59. The van der Waals surface area contributed by atoms with E-state index in [1.165, 1.54) is 5.57 Å². The largest absolute Gasteiger partial charge is 0.343 e. The third-order valence-electron chi connectivity index (χ3n) is 3.50. The van der Waals surface area contributed by atoms with Crippen molar-refractivity contribution in [2.75, 3.05) is 13.2 Å². The van der Waals surface area contributed by atoms with Crippen LogP contribution in [0, 0.1) is 0 Å². The maximum absolute atomic E-state index is 10.5. The summed E-state index contributed by atoms with van der Waals surface area (Å²) < 4.78 is 11.1.